The lowest BCUT2D eigenvalue weighted by atomic mass is 10.1. The zero-order valence-electron chi connectivity index (χ0n) is 12.1. The highest BCUT2D eigenvalue weighted by Gasteiger charge is 2.10. The molecule has 0 aromatic heterocycles. The molecule has 0 unspecified atom stereocenters. The van der Waals surface area contributed by atoms with Crippen LogP contribution < -0.4 is 4.74 Å². The van der Waals surface area contributed by atoms with Gasteiger partial charge in [-0.05, 0) is 37.3 Å². The molecule has 0 radical (unpaired) electrons. The number of Topliss-reactive ketones (excluding diaryl/α,β-unsaturated/α-hetero) is 1. The van der Waals surface area contributed by atoms with Gasteiger partial charge >= 0.3 is 0 Å². The molecular weight excluding hydrogens is 304 g/mol. The number of ether oxygens (including phenoxy) is 1. The van der Waals surface area contributed by atoms with Gasteiger partial charge in [0.2, 0.25) is 0 Å². The number of rotatable bonds is 6. The van der Waals surface area contributed by atoms with E-state index in [0.29, 0.717) is 22.9 Å². The van der Waals surface area contributed by atoms with Crippen LogP contribution in [-0.4, -0.2) is 18.6 Å². The molecular formula is C17H17ClO2S. The number of halogens is 1. The maximum Gasteiger partial charge on any atom is 0.147 e. The Morgan fingerprint density at radius 3 is 2.57 bits per heavy atom. The number of hydrogen-bond acceptors (Lipinski definition) is 3. The number of benzene rings is 2. The summed E-state index contributed by atoms with van der Waals surface area (Å²) in [4.78, 5) is 13.2. The number of ketones is 1. The monoisotopic (exact) mass is 320 g/mol. The van der Waals surface area contributed by atoms with Gasteiger partial charge in [0.1, 0.15) is 11.5 Å². The van der Waals surface area contributed by atoms with Crippen molar-refractivity contribution in [1.82, 2.24) is 0 Å². The normalized spacial score (nSPS) is 10.4. The molecule has 2 aromatic carbocycles. The fraction of sp³-hybridized carbons (Fsp3) is 0.235. The van der Waals surface area contributed by atoms with Crippen molar-refractivity contribution in [1.29, 1.82) is 0 Å². The Bertz CT molecular complexity index is 623. The Hall–Kier alpha value is -1.45. The lowest BCUT2D eigenvalue weighted by Gasteiger charge is -2.08. The summed E-state index contributed by atoms with van der Waals surface area (Å²) >= 11 is 7.52. The van der Waals surface area contributed by atoms with Crippen LogP contribution in [0.5, 0.6) is 5.75 Å². The number of thioether (sulfide) groups is 1. The van der Waals surface area contributed by atoms with E-state index in [4.69, 9.17) is 16.3 Å². The molecule has 0 aliphatic rings. The molecule has 0 atom stereocenters. The summed E-state index contributed by atoms with van der Waals surface area (Å²) in [6.45, 7) is 2.05. The fourth-order valence-electron chi connectivity index (χ4n) is 1.95. The predicted molar refractivity (Wildman–Crippen MR) is 88.6 cm³/mol. The van der Waals surface area contributed by atoms with E-state index in [9.17, 15) is 4.79 Å². The van der Waals surface area contributed by atoms with E-state index in [1.165, 1.54) is 5.56 Å². The maximum atomic E-state index is 12.1. The third-order valence-corrected chi connectivity index (χ3v) is 4.36. The van der Waals surface area contributed by atoms with Crippen LogP contribution in [0.1, 0.15) is 11.1 Å². The van der Waals surface area contributed by atoms with E-state index in [1.54, 1.807) is 37.1 Å². The van der Waals surface area contributed by atoms with Crippen molar-refractivity contribution < 1.29 is 9.53 Å². The molecule has 2 nitrogen and oxygen atoms in total. The first-order valence-electron chi connectivity index (χ1n) is 6.62. The first kappa shape index (κ1) is 15.9. The summed E-state index contributed by atoms with van der Waals surface area (Å²) in [6.07, 6.45) is 0.336. The Labute approximate surface area is 134 Å². The lowest BCUT2D eigenvalue weighted by Crippen LogP contribution is -2.07. The quantitative estimate of drug-likeness (QED) is 0.730. The van der Waals surface area contributed by atoms with E-state index in [1.807, 2.05) is 31.2 Å². The number of hydrogen-bond donors (Lipinski definition) is 0. The van der Waals surface area contributed by atoms with Gasteiger partial charge in [-0.25, -0.2) is 0 Å². The minimum Gasteiger partial charge on any atom is -0.496 e. The largest absolute Gasteiger partial charge is 0.496 e. The second-order valence-electron chi connectivity index (χ2n) is 4.77. The van der Waals surface area contributed by atoms with Gasteiger partial charge in [0.25, 0.3) is 0 Å². The van der Waals surface area contributed by atoms with Crippen molar-refractivity contribution in [2.24, 2.45) is 0 Å². The number of methoxy groups -OCH3 is 1. The molecule has 0 aliphatic heterocycles. The summed E-state index contributed by atoms with van der Waals surface area (Å²) in [7, 11) is 1.60. The summed E-state index contributed by atoms with van der Waals surface area (Å²) in [6, 6.07) is 13.5. The van der Waals surface area contributed by atoms with E-state index in [2.05, 4.69) is 0 Å². The minimum atomic E-state index is 0.154. The maximum absolute atomic E-state index is 12.1. The molecule has 0 N–H and O–H groups in total. The fourth-order valence-corrected chi connectivity index (χ4v) is 2.90. The van der Waals surface area contributed by atoms with Gasteiger partial charge in [-0.15, -0.1) is 11.8 Å². The Kier molecular flexibility index (Phi) is 5.71. The molecule has 0 bridgehead atoms. The first-order chi connectivity index (χ1) is 10.1. The molecule has 0 spiro atoms. The van der Waals surface area contributed by atoms with Crippen LogP contribution in [0.3, 0.4) is 0 Å². The summed E-state index contributed by atoms with van der Waals surface area (Å²) in [5.41, 5.74) is 2.05. The van der Waals surface area contributed by atoms with E-state index in [-0.39, 0.29) is 5.78 Å². The van der Waals surface area contributed by atoms with Gasteiger partial charge in [-0.3, -0.25) is 4.79 Å². The molecule has 0 saturated carbocycles. The molecule has 110 valence electrons. The van der Waals surface area contributed by atoms with Crippen molar-refractivity contribution >= 4 is 29.1 Å². The molecule has 21 heavy (non-hydrogen) atoms. The van der Waals surface area contributed by atoms with Crippen LogP contribution in [0.25, 0.3) is 0 Å². The highest BCUT2D eigenvalue weighted by molar-refractivity contribution is 8.00. The summed E-state index contributed by atoms with van der Waals surface area (Å²) in [5, 5.41) is 0.616. The van der Waals surface area contributed by atoms with Gasteiger partial charge in [0.05, 0.1) is 12.9 Å². The third kappa shape index (κ3) is 4.80. The first-order valence-corrected chi connectivity index (χ1v) is 7.98. The van der Waals surface area contributed by atoms with Gasteiger partial charge in [-0.1, -0.05) is 29.3 Å². The van der Waals surface area contributed by atoms with Crippen LogP contribution in [0, 0.1) is 6.92 Å². The summed E-state index contributed by atoms with van der Waals surface area (Å²) < 4.78 is 5.26. The minimum absolute atomic E-state index is 0.154. The number of carbonyl (C=O) groups is 1. The highest BCUT2D eigenvalue weighted by atomic mass is 35.5. The zero-order valence-corrected chi connectivity index (χ0v) is 13.6. The predicted octanol–water partition coefficient (Wildman–Crippen LogP) is 4.56. The standard InChI is InChI=1S/C17H17ClO2S/c1-12-3-6-16(7-4-12)21-11-15(19)10-13-9-14(18)5-8-17(13)20-2/h3-9H,10-11H2,1-2H3. The van der Waals surface area contributed by atoms with Crippen molar-refractivity contribution in [2.45, 2.75) is 18.2 Å². The third-order valence-electron chi connectivity index (χ3n) is 3.05. The Balaban J connectivity index is 1.95. The van der Waals surface area contributed by atoms with Crippen molar-refractivity contribution in [2.75, 3.05) is 12.9 Å². The highest BCUT2D eigenvalue weighted by Crippen LogP contribution is 2.24. The molecule has 0 amide bonds. The van der Waals surface area contributed by atoms with Crippen LogP contribution in [0.4, 0.5) is 0 Å². The van der Waals surface area contributed by atoms with Gasteiger partial charge in [0.15, 0.2) is 0 Å². The average molecular weight is 321 g/mol. The molecule has 4 heteroatoms. The zero-order chi connectivity index (χ0) is 15.2. The molecule has 2 aromatic rings. The molecule has 0 heterocycles. The van der Waals surface area contributed by atoms with E-state index < -0.39 is 0 Å². The smallest absolute Gasteiger partial charge is 0.147 e. The van der Waals surface area contributed by atoms with Crippen LogP contribution in [-0.2, 0) is 11.2 Å². The van der Waals surface area contributed by atoms with E-state index >= 15 is 0 Å². The van der Waals surface area contributed by atoms with Crippen molar-refractivity contribution in [3.63, 3.8) is 0 Å². The summed E-state index contributed by atoms with van der Waals surface area (Å²) in [5.74, 6) is 1.30. The van der Waals surface area contributed by atoms with Crippen LogP contribution >= 0.6 is 23.4 Å². The van der Waals surface area contributed by atoms with Crippen molar-refractivity contribution in [3.8, 4) is 5.75 Å². The SMILES string of the molecule is COc1ccc(Cl)cc1CC(=O)CSc1ccc(C)cc1. The van der Waals surface area contributed by atoms with Crippen LogP contribution in [0.2, 0.25) is 5.02 Å². The van der Waals surface area contributed by atoms with E-state index in [0.717, 1.165) is 10.5 Å². The van der Waals surface area contributed by atoms with Gasteiger partial charge < -0.3 is 4.74 Å². The molecule has 0 saturated heterocycles. The molecule has 0 aliphatic carbocycles. The Morgan fingerprint density at radius 2 is 1.90 bits per heavy atom. The van der Waals surface area contributed by atoms with Crippen LogP contribution in [0.15, 0.2) is 47.4 Å². The molecule has 2 rings (SSSR count). The number of aryl methyl sites for hydroxylation is 1. The topological polar surface area (TPSA) is 26.3 Å². The Morgan fingerprint density at radius 1 is 1.19 bits per heavy atom. The average Bonchev–Trinajstić information content (AvgIpc) is 2.47. The van der Waals surface area contributed by atoms with Crippen molar-refractivity contribution in [3.05, 3.63) is 58.6 Å². The molecule has 0 fully saturated rings. The lowest BCUT2D eigenvalue weighted by molar-refractivity contribution is -0.116. The van der Waals surface area contributed by atoms with Gasteiger partial charge in [0, 0.05) is 21.9 Å². The second kappa shape index (κ2) is 7.53. The number of carbonyl (C=O) groups excluding carboxylic acids is 1. The van der Waals surface area contributed by atoms with Gasteiger partial charge in [-0.2, -0.15) is 0 Å². The second-order valence-corrected chi connectivity index (χ2v) is 6.26.